The van der Waals surface area contributed by atoms with Gasteiger partial charge >= 0.3 is 5.97 Å². The van der Waals surface area contributed by atoms with Crippen molar-refractivity contribution in [1.29, 1.82) is 0 Å². The summed E-state index contributed by atoms with van der Waals surface area (Å²) in [6, 6.07) is 11.3. The van der Waals surface area contributed by atoms with Crippen LogP contribution in [0.5, 0.6) is 0 Å². The summed E-state index contributed by atoms with van der Waals surface area (Å²) in [6.45, 7) is 3.65. The summed E-state index contributed by atoms with van der Waals surface area (Å²) >= 11 is 0. The minimum Gasteiger partial charge on any atom is -0.456 e. The maximum atomic E-state index is 12.9. The number of para-hydroxylation sites is 1. The van der Waals surface area contributed by atoms with Gasteiger partial charge in [-0.2, -0.15) is 0 Å². The molecule has 0 fully saturated rings. The van der Waals surface area contributed by atoms with E-state index in [9.17, 15) is 18.8 Å². The normalized spacial score (nSPS) is 10.4. The van der Waals surface area contributed by atoms with Gasteiger partial charge in [0.15, 0.2) is 6.61 Å². The third-order valence-corrected chi connectivity index (χ3v) is 4.54. The van der Waals surface area contributed by atoms with Crippen LogP contribution in [0.1, 0.15) is 44.2 Å². The Bertz CT molecular complexity index is 859. The van der Waals surface area contributed by atoms with E-state index in [1.165, 1.54) is 24.3 Å². The fourth-order valence-electron chi connectivity index (χ4n) is 2.95. The number of amides is 2. The van der Waals surface area contributed by atoms with Gasteiger partial charge < -0.3 is 15.4 Å². The van der Waals surface area contributed by atoms with Crippen molar-refractivity contribution >= 4 is 29.2 Å². The van der Waals surface area contributed by atoms with Gasteiger partial charge in [-0.1, -0.05) is 32.0 Å². The number of hydrogen-bond donors (Lipinski definition) is 2. The predicted octanol–water partition coefficient (Wildman–Crippen LogP) is 4.24. The van der Waals surface area contributed by atoms with Crippen molar-refractivity contribution in [2.75, 3.05) is 17.2 Å². The van der Waals surface area contributed by atoms with Gasteiger partial charge in [-0.15, -0.1) is 0 Å². The molecule has 0 aliphatic heterocycles. The Balaban J connectivity index is 1.71. The minimum atomic E-state index is -0.542. The molecule has 0 atom stereocenters. The largest absolute Gasteiger partial charge is 0.456 e. The Kier molecular flexibility index (Phi) is 9.00. The highest BCUT2D eigenvalue weighted by molar-refractivity contribution is 5.94. The van der Waals surface area contributed by atoms with Crippen LogP contribution >= 0.6 is 0 Å². The Morgan fingerprint density at radius 2 is 1.50 bits per heavy atom. The van der Waals surface area contributed by atoms with Crippen molar-refractivity contribution in [3.05, 3.63) is 59.4 Å². The maximum absolute atomic E-state index is 12.9. The average Bonchev–Trinajstić information content (AvgIpc) is 2.74. The summed E-state index contributed by atoms with van der Waals surface area (Å²) in [7, 11) is 0. The van der Waals surface area contributed by atoms with Gasteiger partial charge in [-0.05, 0) is 54.7 Å². The lowest BCUT2D eigenvalue weighted by atomic mass is 10.0. The smallest absolute Gasteiger partial charge is 0.306 e. The molecule has 2 aromatic rings. The van der Waals surface area contributed by atoms with E-state index in [2.05, 4.69) is 10.6 Å². The van der Waals surface area contributed by atoms with E-state index in [4.69, 9.17) is 4.74 Å². The van der Waals surface area contributed by atoms with Gasteiger partial charge in [0, 0.05) is 24.2 Å². The molecule has 0 radical (unpaired) electrons. The summed E-state index contributed by atoms with van der Waals surface area (Å²) in [6.07, 6.45) is 1.98. The number of carbonyl (C=O) groups is 3. The molecule has 160 valence electrons. The third kappa shape index (κ3) is 7.31. The third-order valence-electron chi connectivity index (χ3n) is 4.54. The standard InChI is InChI=1S/C23H27FN2O4/c1-3-16-7-5-8-17(4-2)23(16)26-21(28)15-30-22(29)10-6-9-20(27)25-19-13-11-18(24)12-14-19/h5,7-8,11-14H,3-4,6,9-10,15H2,1-2H3,(H,25,27)(H,26,28). The summed E-state index contributed by atoms with van der Waals surface area (Å²) in [4.78, 5) is 35.9. The fraction of sp³-hybridized carbons (Fsp3) is 0.348. The summed E-state index contributed by atoms with van der Waals surface area (Å²) in [5, 5.41) is 5.46. The molecule has 0 aliphatic rings. The van der Waals surface area contributed by atoms with E-state index in [0.717, 1.165) is 29.7 Å². The van der Waals surface area contributed by atoms with E-state index >= 15 is 0 Å². The molecule has 2 N–H and O–H groups in total. The lowest BCUT2D eigenvalue weighted by Crippen LogP contribution is -2.22. The van der Waals surface area contributed by atoms with Crippen molar-refractivity contribution in [2.45, 2.75) is 46.0 Å². The molecule has 0 aliphatic carbocycles. The number of esters is 1. The minimum absolute atomic E-state index is 0.0237. The van der Waals surface area contributed by atoms with Crippen molar-refractivity contribution in [1.82, 2.24) is 0 Å². The molecule has 2 rings (SSSR count). The zero-order valence-corrected chi connectivity index (χ0v) is 17.3. The van der Waals surface area contributed by atoms with E-state index in [1.807, 2.05) is 32.0 Å². The molecule has 7 heteroatoms. The number of nitrogens with one attached hydrogen (secondary N) is 2. The Morgan fingerprint density at radius 1 is 0.867 bits per heavy atom. The first kappa shape index (κ1) is 23.1. The van der Waals surface area contributed by atoms with E-state index in [1.54, 1.807) is 0 Å². The van der Waals surface area contributed by atoms with E-state index in [0.29, 0.717) is 5.69 Å². The number of hydrogen-bond acceptors (Lipinski definition) is 4. The second kappa shape index (κ2) is 11.7. The van der Waals surface area contributed by atoms with Gasteiger partial charge in [0.05, 0.1) is 0 Å². The Labute approximate surface area is 175 Å². The summed E-state index contributed by atoms with van der Waals surface area (Å²) in [5.74, 6) is -1.61. The Hall–Kier alpha value is -3.22. The van der Waals surface area contributed by atoms with Crippen molar-refractivity contribution in [2.24, 2.45) is 0 Å². The Morgan fingerprint density at radius 3 is 2.10 bits per heavy atom. The quantitative estimate of drug-likeness (QED) is 0.570. The van der Waals surface area contributed by atoms with Crippen LogP contribution in [0.25, 0.3) is 0 Å². The number of aryl methyl sites for hydroxylation is 2. The highest BCUT2D eigenvalue weighted by Gasteiger charge is 2.13. The molecule has 0 bridgehead atoms. The van der Waals surface area contributed by atoms with Crippen molar-refractivity contribution in [3.8, 4) is 0 Å². The predicted molar refractivity (Wildman–Crippen MR) is 114 cm³/mol. The fourth-order valence-corrected chi connectivity index (χ4v) is 2.95. The number of halogens is 1. The molecule has 2 amide bonds. The van der Waals surface area contributed by atoms with E-state index in [-0.39, 0.29) is 37.6 Å². The molecule has 2 aromatic carbocycles. The molecular formula is C23H27FN2O4. The molecule has 0 saturated carbocycles. The van der Waals surface area contributed by atoms with Gasteiger partial charge in [0.25, 0.3) is 5.91 Å². The van der Waals surface area contributed by atoms with Crippen LogP contribution in [0.2, 0.25) is 0 Å². The van der Waals surface area contributed by atoms with Gasteiger partial charge in [-0.25, -0.2) is 4.39 Å². The average molecular weight is 414 g/mol. The summed E-state index contributed by atoms with van der Waals surface area (Å²) < 4.78 is 17.9. The molecule has 0 heterocycles. The number of anilines is 2. The number of carbonyl (C=O) groups excluding carboxylic acids is 3. The monoisotopic (exact) mass is 414 g/mol. The summed E-state index contributed by atoms with van der Waals surface area (Å²) in [5.41, 5.74) is 3.32. The molecule has 0 aromatic heterocycles. The van der Waals surface area contributed by atoms with Crippen LogP contribution in [0.15, 0.2) is 42.5 Å². The topological polar surface area (TPSA) is 84.5 Å². The van der Waals surface area contributed by atoms with Gasteiger partial charge in [-0.3, -0.25) is 14.4 Å². The van der Waals surface area contributed by atoms with Crippen LogP contribution in [-0.4, -0.2) is 24.4 Å². The number of rotatable bonds is 10. The molecule has 0 saturated heterocycles. The van der Waals surface area contributed by atoms with Gasteiger partial charge in [0.2, 0.25) is 5.91 Å². The van der Waals surface area contributed by atoms with Gasteiger partial charge in [0.1, 0.15) is 5.82 Å². The number of benzene rings is 2. The van der Waals surface area contributed by atoms with Crippen LogP contribution in [-0.2, 0) is 32.0 Å². The van der Waals surface area contributed by atoms with Crippen LogP contribution in [0.3, 0.4) is 0 Å². The highest BCUT2D eigenvalue weighted by atomic mass is 19.1. The maximum Gasteiger partial charge on any atom is 0.306 e. The zero-order chi connectivity index (χ0) is 21.9. The van der Waals surface area contributed by atoms with Crippen molar-refractivity contribution < 1.29 is 23.5 Å². The second-order valence-corrected chi connectivity index (χ2v) is 6.78. The lowest BCUT2D eigenvalue weighted by molar-refractivity contribution is -0.147. The molecule has 0 unspecified atom stereocenters. The first-order valence-corrected chi connectivity index (χ1v) is 10.0. The van der Waals surface area contributed by atoms with Crippen LogP contribution in [0.4, 0.5) is 15.8 Å². The number of ether oxygens (including phenoxy) is 1. The van der Waals surface area contributed by atoms with Crippen LogP contribution < -0.4 is 10.6 Å². The molecular weight excluding hydrogens is 387 g/mol. The zero-order valence-electron chi connectivity index (χ0n) is 17.3. The van der Waals surface area contributed by atoms with Crippen LogP contribution in [0, 0.1) is 5.82 Å². The second-order valence-electron chi connectivity index (χ2n) is 6.78. The first-order chi connectivity index (χ1) is 14.4. The lowest BCUT2D eigenvalue weighted by Gasteiger charge is -2.14. The molecule has 0 spiro atoms. The molecule has 6 nitrogen and oxygen atoms in total. The highest BCUT2D eigenvalue weighted by Crippen LogP contribution is 2.22. The SMILES string of the molecule is CCc1cccc(CC)c1NC(=O)COC(=O)CCCC(=O)Nc1ccc(F)cc1. The first-order valence-electron chi connectivity index (χ1n) is 10.0. The molecule has 30 heavy (non-hydrogen) atoms. The van der Waals surface area contributed by atoms with Crippen molar-refractivity contribution in [3.63, 3.8) is 0 Å². The van der Waals surface area contributed by atoms with E-state index < -0.39 is 11.9 Å².